The molecule has 4 rings (SSSR count). The predicted octanol–water partition coefficient (Wildman–Crippen LogP) is 2.36. The number of nitrogens with one attached hydrogen (secondary N) is 2. The predicted molar refractivity (Wildman–Crippen MR) is 91.0 cm³/mol. The standard InChI is InChI=1S/C19H23N3O/c1-11-8-15(12-6-4-5-7-16(12)21-11)19(2,3)22-18(23)17-13-9-20-10-14(13)17/h4-8,13-14,17,20H,9-10H2,1-3H3,(H,22,23). The van der Waals surface area contributed by atoms with Gasteiger partial charge in [0.05, 0.1) is 11.1 Å². The zero-order valence-corrected chi connectivity index (χ0v) is 13.9. The molecule has 1 saturated carbocycles. The fourth-order valence-corrected chi connectivity index (χ4v) is 4.09. The SMILES string of the molecule is Cc1cc(C(C)(C)NC(=O)C2C3CNCC32)c2ccccc2n1. The molecule has 1 amide bonds. The van der Waals surface area contributed by atoms with E-state index in [2.05, 4.69) is 41.6 Å². The van der Waals surface area contributed by atoms with Crippen LogP contribution in [0.4, 0.5) is 0 Å². The normalized spacial score (nSPS) is 26.1. The van der Waals surface area contributed by atoms with E-state index >= 15 is 0 Å². The fourth-order valence-electron chi connectivity index (χ4n) is 4.09. The maximum atomic E-state index is 12.7. The van der Waals surface area contributed by atoms with Gasteiger partial charge >= 0.3 is 0 Å². The molecule has 2 unspecified atom stereocenters. The second-order valence-corrected chi connectivity index (χ2v) is 7.45. The Labute approximate surface area is 136 Å². The quantitative estimate of drug-likeness (QED) is 0.915. The van der Waals surface area contributed by atoms with Gasteiger partial charge in [-0.25, -0.2) is 0 Å². The number of hydrogen-bond acceptors (Lipinski definition) is 3. The molecule has 120 valence electrons. The van der Waals surface area contributed by atoms with Crippen LogP contribution in [-0.4, -0.2) is 24.0 Å². The summed E-state index contributed by atoms with van der Waals surface area (Å²) in [6, 6.07) is 10.2. The molecule has 0 radical (unpaired) electrons. The van der Waals surface area contributed by atoms with Crippen LogP contribution in [0.1, 0.15) is 25.1 Å². The van der Waals surface area contributed by atoms with Crippen molar-refractivity contribution < 1.29 is 4.79 Å². The topological polar surface area (TPSA) is 54.0 Å². The highest BCUT2D eigenvalue weighted by molar-refractivity contribution is 5.86. The Morgan fingerprint density at radius 1 is 1.26 bits per heavy atom. The van der Waals surface area contributed by atoms with Gasteiger partial charge in [0.15, 0.2) is 0 Å². The zero-order valence-electron chi connectivity index (χ0n) is 13.9. The van der Waals surface area contributed by atoms with E-state index in [4.69, 9.17) is 0 Å². The van der Waals surface area contributed by atoms with E-state index in [9.17, 15) is 4.79 Å². The van der Waals surface area contributed by atoms with Crippen molar-refractivity contribution in [3.8, 4) is 0 Å². The molecular formula is C19H23N3O. The number of carbonyl (C=O) groups is 1. The summed E-state index contributed by atoms with van der Waals surface area (Å²) >= 11 is 0. The number of fused-ring (bicyclic) bond motifs is 2. The average Bonchev–Trinajstić information content (AvgIpc) is 2.99. The Balaban J connectivity index is 1.64. The minimum Gasteiger partial charge on any atom is -0.347 e. The van der Waals surface area contributed by atoms with E-state index in [0.717, 1.165) is 35.2 Å². The molecule has 2 aliphatic rings. The third kappa shape index (κ3) is 2.41. The van der Waals surface area contributed by atoms with Crippen molar-refractivity contribution >= 4 is 16.8 Å². The molecule has 1 saturated heterocycles. The lowest BCUT2D eigenvalue weighted by molar-refractivity contribution is -0.124. The number of aryl methyl sites for hydroxylation is 1. The molecule has 1 aliphatic heterocycles. The van der Waals surface area contributed by atoms with Crippen LogP contribution in [0.5, 0.6) is 0 Å². The minimum atomic E-state index is -0.408. The lowest BCUT2D eigenvalue weighted by atomic mass is 9.90. The first kappa shape index (κ1) is 14.6. The molecule has 1 aromatic carbocycles. The molecule has 23 heavy (non-hydrogen) atoms. The van der Waals surface area contributed by atoms with E-state index in [0.29, 0.717) is 11.8 Å². The third-order valence-electron chi connectivity index (χ3n) is 5.35. The van der Waals surface area contributed by atoms with Gasteiger partial charge in [-0.1, -0.05) is 18.2 Å². The molecule has 2 atom stereocenters. The summed E-state index contributed by atoms with van der Waals surface area (Å²) < 4.78 is 0. The van der Waals surface area contributed by atoms with Crippen molar-refractivity contribution in [1.82, 2.24) is 15.6 Å². The second-order valence-electron chi connectivity index (χ2n) is 7.45. The molecule has 2 N–H and O–H groups in total. The van der Waals surface area contributed by atoms with Crippen molar-refractivity contribution in [2.75, 3.05) is 13.1 Å². The summed E-state index contributed by atoms with van der Waals surface area (Å²) in [5, 5.41) is 7.74. The molecular weight excluding hydrogens is 286 g/mol. The zero-order chi connectivity index (χ0) is 16.2. The van der Waals surface area contributed by atoms with E-state index in [1.54, 1.807) is 0 Å². The van der Waals surface area contributed by atoms with E-state index in [-0.39, 0.29) is 11.8 Å². The molecule has 4 nitrogen and oxygen atoms in total. The number of carbonyl (C=O) groups excluding carboxylic acids is 1. The van der Waals surface area contributed by atoms with Crippen LogP contribution in [0.2, 0.25) is 0 Å². The molecule has 2 fully saturated rings. The molecule has 1 aromatic heterocycles. The number of para-hydroxylation sites is 1. The molecule has 1 aliphatic carbocycles. The monoisotopic (exact) mass is 309 g/mol. The Hall–Kier alpha value is -1.94. The molecule has 2 heterocycles. The van der Waals surface area contributed by atoms with Crippen LogP contribution in [0.15, 0.2) is 30.3 Å². The molecule has 0 bridgehead atoms. The number of pyridine rings is 1. The number of rotatable bonds is 3. The number of nitrogens with zero attached hydrogens (tertiary/aromatic N) is 1. The first-order valence-electron chi connectivity index (χ1n) is 8.37. The van der Waals surface area contributed by atoms with Crippen LogP contribution in [-0.2, 0) is 10.3 Å². The fraction of sp³-hybridized carbons (Fsp3) is 0.474. The van der Waals surface area contributed by atoms with Gasteiger partial charge in [-0.15, -0.1) is 0 Å². The number of amides is 1. The lowest BCUT2D eigenvalue weighted by Crippen LogP contribution is -2.43. The Morgan fingerprint density at radius 2 is 1.96 bits per heavy atom. The van der Waals surface area contributed by atoms with E-state index < -0.39 is 5.54 Å². The maximum absolute atomic E-state index is 12.7. The number of aromatic nitrogens is 1. The number of piperidine rings is 1. The molecule has 0 spiro atoms. The van der Waals surface area contributed by atoms with Crippen molar-refractivity contribution in [1.29, 1.82) is 0 Å². The maximum Gasteiger partial charge on any atom is 0.224 e. The van der Waals surface area contributed by atoms with Crippen LogP contribution >= 0.6 is 0 Å². The van der Waals surface area contributed by atoms with Crippen molar-refractivity contribution in [2.24, 2.45) is 17.8 Å². The smallest absolute Gasteiger partial charge is 0.224 e. The van der Waals surface area contributed by atoms with Gasteiger partial charge in [0.1, 0.15) is 0 Å². The largest absolute Gasteiger partial charge is 0.347 e. The van der Waals surface area contributed by atoms with Crippen molar-refractivity contribution in [3.05, 3.63) is 41.6 Å². The summed E-state index contributed by atoms with van der Waals surface area (Å²) in [4.78, 5) is 17.3. The lowest BCUT2D eigenvalue weighted by Gasteiger charge is -2.29. The summed E-state index contributed by atoms with van der Waals surface area (Å²) in [5.41, 5.74) is 2.69. The average molecular weight is 309 g/mol. The minimum absolute atomic E-state index is 0.199. The van der Waals surface area contributed by atoms with Gasteiger partial charge in [0.25, 0.3) is 0 Å². The second kappa shape index (κ2) is 5.03. The Bertz CT molecular complexity index is 773. The van der Waals surface area contributed by atoms with Crippen molar-refractivity contribution in [3.63, 3.8) is 0 Å². The molecule has 2 aromatic rings. The van der Waals surface area contributed by atoms with E-state index in [1.165, 1.54) is 0 Å². The highest BCUT2D eigenvalue weighted by atomic mass is 16.2. The van der Waals surface area contributed by atoms with Gasteiger partial charge in [0.2, 0.25) is 5.91 Å². The summed E-state index contributed by atoms with van der Waals surface area (Å²) in [6.45, 7) is 8.15. The van der Waals surface area contributed by atoms with Gasteiger partial charge in [-0.2, -0.15) is 0 Å². The van der Waals surface area contributed by atoms with Gasteiger partial charge in [-0.05, 0) is 63.4 Å². The first-order valence-corrected chi connectivity index (χ1v) is 8.37. The summed E-state index contributed by atoms with van der Waals surface area (Å²) in [6.07, 6.45) is 0. The van der Waals surface area contributed by atoms with Crippen LogP contribution < -0.4 is 10.6 Å². The highest BCUT2D eigenvalue weighted by Crippen LogP contribution is 2.49. The van der Waals surface area contributed by atoms with Gasteiger partial charge in [-0.3, -0.25) is 9.78 Å². The van der Waals surface area contributed by atoms with Crippen LogP contribution in [0.25, 0.3) is 10.9 Å². The number of hydrogen-bond donors (Lipinski definition) is 2. The highest BCUT2D eigenvalue weighted by Gasteiger charge is 2.57. The summed E-state index contributed by atoms with van der Waals surface area (Å²) in [5.74, 6) is 1.48. The third-order valence-corrected chi connectivity index (χ3v) is 5.35. The summed E-state index contributed by atoms with van der Waals surface area (Å²) in [7, 11) is 0. The molecule has 4 heteroatoms. The first-order chi connectivity index (χ1) is 11.0. The Morgan fingerprint density at radius 3 is 2.70 bits per heavy atom. The van der Waals surface area contributed by atoms with Gasteiger partial charge in [0, 0.05) is 17.0 Å². The van der Waals surface area contributed by atoms with Crippen LogP contribution in [0, 0.1) is 24.7 Å². The van der Waals surface area contributed by atoms with E-state index in [1.807, 2.05) is 25.1 Å². The van der Waals surface area contributed by atoms with Crippen LogP contribution in [0.3, 0.4) is 0 Å². The van der Waals surface area contributed by atoms with Crippen molar-refractivity contribution in [2.45, 2.75) is 26.3 Å². The number of benzene rings is 1. The Kier molecular flexibility index (Phi) is 3.20. The van der Waals surface area contributed by atoms with Gasteiger partial charge < -0.3 is 10.6 Å².